The van der Waals surface area contributed by atoms with Gasteiger partial charge in [-0.15, -0.1) is 0 Å². The minimum atomic E-state index is 0.722. The van der Waals surface area contributed by atoms with E-state index in [9.17, 15) is 0 Å². The lowest BCUT2D eigenvalue weighted by atomic mass is 10.3. The van der Waals surface area contributed by atoms with Crippen molar-refractivity contribution in [2.75, 3.05) is 0 Å². The van der Waals surface area contributed by atoms with Gasteiger partial charge in [0.2, 0.25) is 0 Å². The van der Waals surface area contributed by atoms with E-state index in [0.29, 0.717) is 0 Å². The van der Waals surface area contributed by atoms with E-state index in [2.05, 4.69) is 19.9 Å². The van der Waals surface area contributed by atoms with Crippen LogP contribution >= 0.6 is 11.6 Å². The molecule has 0 atom stereocenters. The van der Waals surface area contributed by atoms with Crippen molar-refractivity contribution in [3.05, 3.63) is 48.3 Å². The number of H-pyrrole nitrogens is 2. The van der Waals surface area contributed by atoms with Crippen LogP contribution in [0.1, 0.15) is 0 Å². The van der Waals surface area contributed by atoms with Crippen LogP contribution in [0.15, 0.2) is 43.2 Å². The van der Waals surface area contributed by atoms with Gasteiger partial charge in [0, 0.05) is 17.4 Å². The van der Waals surface area contributed by atoms with Crippen LogP contribution in [0, 0.1) is 0 Å². The van der Waals surface area contributed by atoms with E-state index in [1.807, 2.05) is 18.2 Å². The molecule has 0 saturated carbocycles. The van der Waals surface area contributed by atoms with Crippen LogP contribution in [-0.2, 0) is 0 Å². The molecule has 5 heteroatoms. The predicted molar refractivity (Wildman–Crippen MR) is 59.7 cm³/mol. The number of nitrogens with zero attached hydrogens (tertiary/aromatic N) is 2. The summed E-state index contributed by atoms with van der Waals surface area (Å²) in [5, 5.41) is 0.722. The normalized spacial score (nSPS) is 9.67. The maximum absolute atomic E-state index is 5.72. The highest BCUT2D eigenvalue weighted by Crippen LogP contribution is 2.14. The van der Waals surface area contributed by atoms with Crippen LogP contribution in [0.3, 0.4) is 0 Å². The molecule has 0 unspecified atom stereocenters. The Morgan fingerprint density at radius 3 is 2.80 bits per heavy atom. The Kier molecular flexibility index (Phi) is 2.99. The maximum Gasteiger partial charge on any atom is 0.0931 e. The van der Waals surface area contributed by atoms with Gasteiger partial charge in [-0.3, -0.25) is 0 Å². The lowest BCUT2D eigenvalue weighted by molar-refractivity contribution is 1.31. The van der Waals surface area contributed by atoms with Crippen molar-refractivity contribution in [3.8, 4) is 0 Å². The molecule has 0 aliphatic rings. The van der Waals surface area contributed by atoms with Crippen LogP contribution in [-0.4, -0.2) is 19.9 Å². The molecule has 3 aromatic rings. The molecule has 0 aliphatic heterocycles. The van der Waals surface area contributed by atoms with Crippen molar-refractivity contribution in [3.63, 3.8) is 0 Å². The molecule has 2 aromatic heterocycles. The second kappa shape index (κ2) is 4.61. The van der Waals surface area contributed by atoms with E-state index in [-0.39, 0.29) is 0 Å². The van der Waals surface area contributed by atoms with E-state index >= 15 is 0 Å². The standard InChI is InChI=1S/C7H5ClN2.C3H4N2/c8-5-1-2-6-7(3-5)10-4-9-6;1-2-5-3-4-1/h1-4H,(H,9,10);1-3H,(H,4,5). The number of aromatic nitrogens is 4. The molecule has 1 aromatic carbocycles. The van der Waals surface area contributed by atoms with Gasteiger partial charge < -0.3 is 9.97 Å². The van der Waals surface area contributed by atoms with Gasteiger partial charge in [0.05, 0.1) is 23.7 Å². The third-order valence-corrected chi connectivity index (χ3v) is 2.02. The zero-order chi connectivity index (χ0) is 10.5. The Morgan fingerprint density at radius 1 is 1.20 bits per heavy atom. The summed E-state index contributed by atoms with van der Waals surface area (Å²) >= 11 is 5.72. The molecule has 3 rings (SSSR count). The third-order valence-electron chi connectivity index (χ3n) is 1.79. The summed E-state index contributed by atoms with van der Waals surface area (Å²) in [7, 11) is 0. The third kappa shape index (κ3) is 2.57. The van der Waals surface area contributed by atoms with Crippen LogP contribution in [0.4, 0.5) is 0 Å². The Balaban J connectivity index is 0.000000144. The SMILES string of the molecule is Clc1ccc2[nH]cnc2c1.c1c[nH]cn1. The average Bonchev–Trinajstić information content (AvgIpc) is 2.91. The topological polar surface area (TPSA) is 57.4 Å². The van der Waals surface area contributed by atoms with Crippen molar-refractivity contribution in [2.24, 2.45) is 0 Å². The minimum absolute atomic E-state index is 0.722. The Hall–Kier alpha value is -1.81. The average molecular weight is 221 g/mol. The maximum atomic E-state index is 5.72. The molecular weight excluding hydrogens is 212 g/mol. The second-order valence-corrected chi connectivity index (χ2v) is 3.26. The fraction of sp³-hybridized carbons (Fsp3) is 0. The number of imidazole rings is 2. The monoisotopic (exact) mass is 220 g/mol. The highest BCUT2D eigenvalue weighted by molar-refractivity contribution is 6.31. The molecule has 15 heavy (non-hydrogen) atoms. The van der Waals surface area contributed by atoms with Gasteiger partial charge in [-0.25, -0.2) is 9.97 Å². The molecule has 2 heterocycles. The quantitative estimate of drug-likeness (QED) is 0.612. The van der Waals surface area contributed by atoms with Crippen molar-refractivity contribution >= 4 is 22.6 Å². The zero-order valence-electron chi connectivity index (χ0n) is 7.81. The van der Waals surface area contributed by atoms with Gasteiger partial charge in [0.25, 0.3) is 0 Å². The van der Waals surface area contributed by atoms with Crippen LogP contribution in [0.2, 0.25) is 5.02 Å². The molecular formula is C10H9ClN4. The summed E-state index contributed by atoms with van der Waals surface area (Å²) < 4.78 is 0. The fourth-order valence-electron chi connectivity index (χ4n) is 1.12. The smallest absolute Gasteiger partial charge is 0.0931 e. The number of aromatic amines is 2. The van der Waals surface area contributed by atoms with Crippen LogP contribution < -0.4 is 0 Å². The molecule has 0 bridgehead atoms. The lowest BCUT2D eigenvalue weighted by Gasteiger charge is -1.87. The number of hydrogen-bond donors (Lipinski definition) is 2. The first-order valence-corrected chi connectivity index (χ1v) is 4.75. The molecule has 0 radical (unpaired) electrons. The van der Waals surface area contributed by atoms with E-state index < -0.39 is 0 Å². The molecule has 0 saturated heterocycles. The Morgan fingerprint density at radius 2 is 2.13 bits per heavy atom. The second-order valence-electron chi connectivity index (χ2n) is 2.82. The summed E-state index contributed by atoms with van der Waals surface area (Å²) in [6, 6.07) is 5.57. The van der Waals surface area contributed by atoms with E-state index in [0.717, 1.165) is 16.1 Å². The van der Waals surface area contributed by atoms with Crippen LogP contribution in [0.5, 0.6) is 0 Å². The van der Waals surface area contributed by atoms with Crippen molar-refractivity contribution in [1.29, 1.82) is 0 Å². The summed E-state index contributed by atoms with van der Waals surface area (Å²) in [4.78, 5) is 13.4. The van der Waals surface area contributed by atoms with Gasteiger partial charge in [0.15, 0.2) is 0 Å². The number of nitrogens with one attached hydrogen (secondary N) is 2. The predicted octanol–water partition coefficient (Wildman–Crippen LogP) is 2.63. The number of hydrogen-bond acceptors (Lipinski definition) is 2. The summed E-state index contributed by atoms with van der Waals surface area (Å²) in [5.41, 5.74) is 1.93. The first-order valence-electron chi connectivity index (χ1n) is 4.37. The van der Waals surface area contributed by atoms with E-state index in [1.54, 1.807) is 25.0 Å². The van der Waals surface area contributed by atoms with Crippen molar-refractivity contribution in [1.82, 2.24) is 19.9 Å². The molecule has 2 N–H and O–H groups in total. The number of benzene rings is 1. The molecule has 0 spiro atoms. The molecule has 4 nitrogen and oxygen atoms in total. The van der Waals surface area contributed by atoms with Crippen molar-refractivity contribution in [2.45, 2.75) is 0 Å². The first-order chi connectivity index (χ1) is 7.36. The molecule has 76 valence electrons. The lowest BCUT2D eigenvalue weighted by Crippen LogP contribution is -1.67. The number of rotatable bonds is 0. The van der Waals surface area contributed by atoms with Gasteiger partial charge in [-0.05, 0) is 18.2 Å². The summed E-state index contributed by atoms with van der Waals surface area (Å²) in [6.07, 6.45) is 6.74. The molecule has 0 aliphatic carbocycles. The Labute approximate surface area is 91.3 Å². The minimum Gasteiger partial charge on any atom is -0.351 e. The number of fused-ring (bicyclic) bond motifs is 1. The fourth-order valence-corrected chi connectivity index (χ4v) is 1.29. The van der Waals surface area contributed by atoms with Gasteiger partial charge >= 0.3 is 0 Å². The molecule has 0 amide bonds. The molecule has 0 fully saturated rings. The van der Waals surface area contributed by atoms with Gasteiger partial charge in [-0.1, -0.05) is 11.6 Å². The number of halogens is 1. The van der Waals surface area contributed by atoms with Crippen molar-refractivity contribution < 1.29 is 0 Å². The highest BCUT2D eigenvalue weighted by atomic mass is 35.5. The van der Waals surface area contributed by atoms with E-state index in [4.69, 9.17) is 11.6 Å². The van der Waals surface area contributed by atoms with E-state index in [1.165, 1.54) is 0 Å². The zero-order valence-corrected chi connectivity index (χ0v) is 8.57. The van der Waals surface area contributed by atoms with Crippen LogP contribution in [0.25, 0.3) is 11.0 Å². The largest absolute Gasteiger partial charge is 0.351 e. The summed E-state index contributed by atoms with van der Waals surface area (Å²) in [5.74, 6) is 0. The summed E-state index contributed by atoms with van der Waals surface area (Å²) in [6.45, 7) is 0. The highest BCUT2D eigenvalue weighted by Gasteiger charge is 1.93. The first kappa shape index (κ1) is 9.73. The van der Waals surface area contributed by atoms with Gasteiger partial charge in [0.1, 0.15) is 0 Å². The Bertz CT molecular complexity index is 498. The van der Waals surface area contributed by atoms with Gasteiger partial charge in [-0.2, -0.15) is 0 Å².